The molecule has 7 atom stereocenters. The van der Waals surface area contributed by atoms with Gasteiger partial charge in [0.15, 0.2) is 0 Å². The molecule has 0 unspecified atom stereocenters. The lowest BCUT2D eigenvalue weighted by Crippen LogP contribution is -2.41. The maximum Gasteiger partial charge on any atom is 0.314 e. The number of aliphatic hydroxyl groups is 3. The average molecular weight is 501 g/mol. The van der Waals surface area contributed by atoms with Gasteiger partial charge in [0, 0.05) is 6.42 Å². The Kier molecular flexibility index (Phi) is 9.46. The van der Waals surface area contributed by atoms with E-state index in [-0.39, 0.29) is 11.4 Å². The van der Waals surface area contributed by atoms with Crippen molar-refractivity contribution >= 4 is 5.97 Å². The zero-order chi connectivity index (χ0) is 26.7. The fourth-order valence-electron chi connectivity index (χ4n) is 7.49. The smallest absolute Gasteiger partial charge is 0.314 e. The Morgan fingerprint density at radius 1 is 1.22 bits per heavy atom. The van der Waals surface area contributed by atoms with Crippen LogP contribution in [0.5, 0.6) is 0 Å². The van der Waals surface area contributed by atoms with Crippen LogP contribution in [0.1, 0.15) is 85.5 Å². The summed E-state index contributed by atoms with van der Waals surface area (Å²) in [5.41, 5.74) is 2.46. The van der Waals surface area contributed by atoms with Gasteiger partial charge < -0.3 is 20.1 Å². The summed E-state index contributed by atoms with van der Waals surface area (Å²) in [5, 5.41) is 31.3. The zero-order valence-electron chi connectivity index (χ0n) is 23.0. The molecule has 5 nitrogen and oxygen atoms in total. The summed E-state index contributed by atoms with van der Waals surface area (Å²) in [7, 11) is 1.39. The second-order valence-electron chi connectivity index (χ2n) is 11.7. The van der Waals surface area contributed by atoms with E-state index in [2.05, 4.69) is 38.7 Å². The van der Waals surface area contributed by atoms with Crippen LogP contribution in [-0.4, -0.2) is 46.7 Å². The first-order valence-electron chi connectivity index (χ1n) is 13.9. The fourth-order valence-corrected chi connectivity index (χ4v) is 7.49. The highest BCUT2D eigenvalue weighted by atomic mass is 16.5. The number of carbonyl (C=O) groups excluding carboxylic acids is 1. The lowest BCUT2D eigenvalue weighted by Gasteiger charge is -2.44. The summed E-state index contributed by atoms with van der Waals surface area (Å²) < 4.78 is 5.03. The van der Waals surface area contributed by atoms with Gasteiger partial charge in [0.25, 0.3) is 0 Å². The molecule has 0 amide bonds. The lowest BCUT2D eigenvalue weighted by atomic mass is 9.61. The van der Waals surface area contributed by atoms with Gasteiger partial charge in [-0.2, -0.15) is 0 Å². The van der Waals surface area contributed by atoms with E-state index in [0.29, 0.717) is 43.4 Å². The van der Waals surface area contributed by atoms with Gasteiger partial charge in [-0.25, -0.2) is 0 Å². The van der Waals surface area contributed by atoms with E-state index in [0.717, 1.165) is 36.8 Å². The Labute approximate surface area is 218 Å². The molecule has 5 heteroatoms. The fraction of sp³-hybridized carbons (Fsp3) is 0.710. The minimum absolute atomic E-state index is 0.189. The van der Waals surface area contributed by atoms with Crippen molar-refractivity contribution in [1.29, 1.82) is 0 Å². The lowest BCUT2D eigenvalue weighted by molar-refractivity contribution is -0.159. The summed E-state index contributed by atoms with van der Waals surface area (Å²) in [5.74, 6) is 0.967. The number of ether oxygens (including phenoxy) is 1. The van der Waals surface area contributed by atoms with Crippen molar-refractivity contribution < 1.29 is 24.9 Å². The van der Waals surface area contributed by atoms with Crippen molar-refractivity contribution in [2.24, 2.45) is 28.6 Å². The number of aliphatic hydroxyl groups excluding tert-OH is 3. The Morgan fingerprint density at radius 2 is 1.92 bits per heavy atom. The molecule has 0 heterocycles. The quantitative estimate of drug-likeness (QED) is 0.296. The molecule has 3 N–H and O–H groups in total. The molecule has 3 saturated carbocycles. The number of esters is 1. The van der Waals surface area contributed by atoms with Crippen LogP contribution in [0.2, 0.25) is 0 Å². The first-order chi connectivity index (χ1) is 17.0. The molecule has 0 radical (unpaired) electrons. The van der Waals surface area contributed by atoms with Crippen LogP contribution in [-0.2, 0) is 9.53 Å². The summed E-state index contributed by atoms with van der Waals surface area (Å²) in [6.45, 7) is 12.6. The van der Waals surface area contributed by atoms with Crippen molar-refractivity contribution in [2.45, 2.75) is 104 Å². The summed E-state index contributed by atoms with van der Waals surface area (Å²) in [4.78, 5) is 12.5. The molecule has 0 spiro atoms. The van der Waals surface area contributed by atoms with Crippen molar-refractivity contribution in [2.75, 3.05) is 7.11 Å². The van der Waals surface area contributed by atoms with Crippen LogP contribution in [0.25, 0.3) is 0 Å². The van der Waals surface area contributed by atoms with Crippen molar-refractivity contribution in [3.63, 3.8) is 0 Å². The predicted octanol–water partition coefficient (Wildman–Crippen LogP) is 5.66. The molecule has 0 aromatic rings. The standard InChI is InChI=1S/C31H48O5/c1-7-31(8-2,29(35)36-6)28(34)16-11-20(3)25-14-15-26-22(10-9-17-30(25,26)5)12-13-23-18-24(32)19-27(33)21(23)4/h11-13,16,20,24-28,32-34H,4,7-10,14-15,17-19H2,1-3,5-6H3/b16-11+,22-12+,23-13-/t20-,24-,25-,26+,27+,28-,30-/m1/s1. The molecule has 3 aliphatic rings. The van der Waals surface area contributed by atoms with E-state index in [4.69, 9.17) is 4.74 Å². The SMILES string of the molecule is C=C1/C(=C\C=C2/CCC[C@]3(C)[C@@H]([C@H](C)/C=C/[C@@H](O)C(CC)(CC)C(=O)OC)CC[C@@H]23)C[C@@H](O)C[C@@H]1O. The molecular formula is C31H48O5. The van der Waals surface area contributed by atoms with Gasteiger partial charge in [-0.1, -0.05) is 64.2 Å². The highest BCUT2D eigenvalue weighted by Crippen LogP contribution is 2.59. The largest absolute Gasteiger partial charge is 0.469 e. The Hall–Kier alpha value is -1.69. The number of allylic oxidation sites excluding steroid dienone is 4. The molecular weight excluding hydrogens is 452 g/mol. The third-order valence-corrected chi connectivity index (χ3v) is 9.95. The second kappa shape index (κ2) is 11.8. The van der Waals surface area contributed by atoms with Crippen molar-refractivity contribution in [3.8, 4) is 0 Å². The number of hydrogen-bond donors (Lipinski definition) is 3. The van der Waals surface area contributed by atoms with Gasteiger partial charge in [0.05, 0.1) is 30.8 Å². The number of rotatable bonds is 8. The van der Waals surface area contributed by atoms with E-state index in [1.165, 1.54) is 19.1 Å². The highest BCUT2D eigenvalue weighted by molar-refractivity contribution is 5.77. The van der Waals surface area contributed by atoms with Crippen molar-refractivity contribution in [3.05, 3.63) is 47.6 Å². The molecule has 0 aromatic heterocycles. The number of hydrogen-bond acceptors (Lipinski definition) is 5. The first-order valence-corrected chi connectivity index (χ1v) is 13.9. The van der Waals surface area contributed by atoms with Gasteiger partial charge >= 0.3 is 5.97 Å². The molecule has 3 rings (SSSR count). The summed E-state index contributed by atoms with van der Waals surface area (Å²) >= 11 is 0. The van der Waals surface area contributed by atoms with E-state index in [1.54, 1.807) is 0 Å². The van der Waals surface area contributed by atoms with Crippen LogP contribution in [0.4, 0.5) is 0 Å². The third kappa shape index (κ3) is 5.44. The Morgan fingerprint density at radius 3 is 2.56 bits per heavy atom. The maximum absolute atomic E-state index is 12.5. The second-order valence-corrected chi connectivity index (χ2v) is 11.7. The van der Waals surface area contributed by atoms with Crippen LogP contribution in [0, 0.1) is 28.6 Å². The van der Waals surface area contributed by atoms with E-state index in [1.807, 2.05) is 19.9 Å². The summed E-state index contributed by atoms with van der Waals surface area (Å²) in [6.07, 6.45) is 14.0. The summed E-state index contributed by atoms with van der Waals surface area (Å²) in [6, 6.07) is 0. The molecule has 0 saturated heterocycles. The molecule has 3 aliphatic carbocycles. The van der Waals surface area contributed by atoms with Gasteiger partial charge in [0.1, 0.15) is 0 Å². The van der Waals surface area contributed by atoms with Gasteiger partial charge in [-0.3, -0.25) is 4.79 Å². The van der Waals surface area contributed by atoms with E-state index in [9.17, 15) is 20.1 Å². The van der Waals surface area contributed by atoms with Gasteiger partial charge in [-0.05, 0) is 85.7 Å². The molecule has 0 bridgehead atoms. The predicted molar refractivity (Wildman–Crippen MR) is 144 cm³/mol. The zero-order valence-corrected chi connectivity index (χ0v) is 23.0. The highest BCUT2D eigenvalue weighted by Gasteiger charge is 2.50. The van der Waals surface area contributed by atoms with Crippen LogP contribution >= 0.6 is 0 Å². The molecule has 0 aliphatic heterocycles. The van der Waals surface area contributed by atoms with Crippen LogP contribution < -0.4 is 0 Å². The van der Waals surface area contributed by atoms with Crippen molar-refractivity contribution in [1.82, 2.24) is 0 Å². The van der Waals surface area contributed by atoms with E-state index >= 15 is 0 Å². The monoisotopic (exact) mass is 500 g/mol. The molecule has 0 aromatic carbocycles. The number of carbonyl (C=O) groups is 1. The number of fused-ring (bicyclic) bond motifs is 1. The molecule has 36 heavy (non-hydrogen) atoms. The van der Waals surface area contributed by atoms with Crippen LogP contribution in [0.15, 0.2) is 47.6 Å². The maximum atomic E-state index is 12.5. The molecule has 202 valence electrons. The molecule has 3 fully saturated rings. The third-order valence-electron chi connectivity index (χ3n) is 9.95. The Balaban J connectivity index is 1.77. The topological polar surface area (TPSA) is 87.0 Å². The normalized spacial score (nSPS) is 35.3. The van der Waals surface area contributed by atoms with Gasteiger partial charge in [-0.15, -0.1) is 0 Å². The number of methoxy groups -OCH3 is 1. The Bertz CT molecular complexity index is 895. The minimum Gasteiger partial charge on any atom is -0.469 e. The average Bonchev–Trinajstić information content (AvgIpc) is 3.22. The van der Waals surface area contributed by atoms with E-state index < -0.39 is 23.7 Å². The minimum atomic E-state index is -0.897. The van der Waals surface area contributed by atoms with Crippen LogP contribution in [0.3, 0.4) is 0 Å². The first kappa shape index (κ1) is 28.9. The van der Waals surface area contributed by atoms with Gasteiger partial charge in [0.2, 0.25) is 0 Å².